The molecule has 2 N–H and O–H groups in total. The van der Waals surface area contributed by atoms with Crippen LogP contribution in [0.4, 0.5) is 5.82 Å². The van der Waals surface area contributed by atoms with Crippen molar-refractivity contribution in [2.75, 3.05) is 12.4 Å². The highest BCUT2D eigenvalue weighted by Crippen LogP contribution is 2.03. The van der Waals surface area contributed by atoms with Crippen molar-refractivity contribution < 1.29 is 0 Å². The Labute approximate surface area is 66.6 Å². The van der Waals surface area contributed by atoms with E-state index in [1.54, 1.807) is 19.2 Å². The lowest BCUT2D eigenvalue weighted by atomic mass is 10.5. The van der Waals surface area contributed by atoms with E-state index in [9.17, 15) is 4.79 Å². The molecule has 1 aromatic heterocycles. The number of rotatable bonds is 1. The molecule has 1 heterocycles. The van der Waals surface area contributed by atoms with Gasteiger partial charge in [-0.15, -0.1) is 0 Å². The summed E-state index contributed by atoms with van der Waals surface area (Å²) in [6, 6.07) is 3.48. The Morgan fingerprint density at radius 3 is 2.80 bits per heavy atom. The van der Waals surface area contributed by atoms with Gasteiger partial charge in [0.1, 0.15) is 5.82 Å². The fourth-order valence-corrected chi connectivity index (χ4v) is 0.833. The Hall–Kier alpha value is -0.770. The smallest absolute Gasteiger partial charge is 0.263 e. The number of halogens is 1. The summed E-state index contributed by atoms with van der Waals surface area (Å²) in [5, 5.41) is 2.82. The average Bonchev–Trinajstić information content (AvgIpc) is 1.95. The van der Waals surface area contributed by atoms with Crippen LogP contribution in [0.3, 0.4) is 0 Å². The molecular weight excluding hydrogens is 196 g/mol. The molecule has 0 bridgehead atoms. The fraction of sp³-hybridized carbons (Fsp3) is 0.167. The summed E-state index contributed by atoms with van der Waals surface area (Å²) in [6.45, 7) is 0. The molecule has 1 rings (SSSR count). The Balaban J connectivity index is 3.17. The van der Waals surface area contributed by atoms with Crippen molar-refractivity contribution in [3.8, 4) is 0 Å². The van der Waals surface area contributed by atoms with Gasteiger partial charge < -0.3 is 10.3 Å². The van der Waals surface area contributed by atoms with E-state index in [-0.39, 0.29) is 5.56 Å². The second-order valence-corrected chi connectivity index (χ2v) is 2.65. The summed E-state index contributed by atoms with van der Waals surface area (Å²) in [5.74, 6) is 0.716. The SMILES string of the molecule is CNc1ccc(Br)c(=O)[nH]1. The first-order chi connectivity index (χ1) is 4.74. The molecule has 0 aliphatic heterocycles. The predicted octanol–water partition coefficient (Wildman–Crippen LogP) is 1.18. The molecule has 10 heavy (non-hydrogen) atoms. The normalized spacial score (nSPS) is 9.40. The Bertz CT molecular complexity index is 281. The number of nitrogens with one attached hydrogen (secondary N) is 2. The van der Waals surface area contributed by atoms with Gasteiger partial charge in [0.15, 0.2) is 0 Å². The van der Waals surface area contributed by atoms with Gasteiger partial charge >= 0.3 is 0 Å². The van der Waals surface area contributed by atoms with Crippen LogP contribution in [0, 0.1) is 0 Å². The number of aromatic nitrogens is 1. The highest BCUT2D eigenvalue weighted by atomic mass is 79.9. The minimum atomic E-state index is -0.119. The molecule has 54 valence electrons. The number of pyridine rings is 1. The monoisotopic (exact) mass is 202 g/mol. The van der Waals surface area contributed by atoms with Crippen LogP contribution in [-0.4, -0.2) is 12.0 Å². The number of hydrogen-bond acceptors (Lipinski definition) is 2. The minimum Gasteiger partial charge on any atom is -0.375 e. The van der Waals surface area contributed by atoms with E-state index in [0.29, 0.717) is 10.3 Å². The first-order valence-corrected chi connectivity index (χ1v) is 3.60. The topological polar surface area (TPSA) is 44.9 Å². The lowest BCUT2D eigenvalue weighted by molar-refractivity contribution is 1.20. The third-order valence-electron chi connectivity index (χ3n) is 1.13. The van der Waals surface area contributed by atoms with Crippen LogP contribution in [0.2, 0.25) is 0 Å². The van der Waals surface area contributed by atoms with Gasteiger partial charge in [-0.05, 0) is 28.1 Å². The van der Waals surface area contributed by atoms with Crippen molar-refractivity contribution >= 4 is 21.7 Å². The van der Waals surface area contributed by atoms with Gasteiger partial charge in [-0.1, -0.05) is 0 Å². The van der Waals surface area contributed by atoms with Gasteiger partial charge in [-0.2, -0.15) is 0 Å². The van der Waals surface area contributed by atoms with E-state index in [0.717, 1.165) is 0 Å². The quantitative estimate of drug-likeness (QED) is 0.719. The van der Waals surface area contributed by atoms with Crippen molar-refractivity contribution in [3.63, 3.8) is 0 Å². The summed E-state index contributed by atoms with van der Waals surface area (Å²) in [6.07, 6.45) is 0. The number of hydrogen-bond donors (Lipinski definition) is 2. The zero-order chi connectivity index (χ0) is 7.56. The molecule has 0 radical (unpaired) electrons. The summed E-state index contributed by atoms with van der Waals surface area (Å²) < 4.78 is 0.548. The summed E-state index contributed by atoms with van der Waals surface area (Å²) in [5.41, 5.74) is -0.119. The molecule has 4 heteroatoms. The van der Waals surface area contributed by atoms with Crippen LogP contribution in [0.25, 0.3) is 0 Å². The molecule has 3 nitrogen and oxygen atoms in total. The van der Waals surface area contributed by atoms with Crippen molar-refractivity contribution in [1.29, 1.82) is 0 Å². The molecule has 0 fully saturated rings. The molecule has 0 saturated carbocycles. The van der Waals surface area contributed by atoms with Crippen molar-refractivity contribution in [2.24, 2.45) is 0 Å². The maximum atomic E-state index is 10.9. The van der Waals surface area contributed by atoms with Gasteiger partial charge in [0.2, 0.25) is 0 Å². The van der Waals surface area contributed by atoms with Crippen LogP contribution in [0.5, 0.6) is 0 Å². The van der Waals surface area contributed by atoms with Gasteiger partial charge in [0, 0.05) is 7.05 Å². The Morgan fingerprint density at radius 1 is 1.60 bits per heavy atom. The number of H-pyrrole nitrogens is 1. The predicted molar refractivity (Wildman–Crippen MR) is 44.3 cm³/mol. The van der Waals surface area contributed by atoms with E-state index in [1.165, 1.54) is 0 Å². The molecule has 0 amide bonds. The molecule has 0 spiro atoms. The second-order valence-electron chi connectivity index (χ2n) is 1.80. The van der Waals surface area contributed by atoms with E-state index in [2.05, 4.69) is 26.2 Å². The molecule has 0 aromatic carbocycles. The Morgan fingerprint density at radius 2 is 2.30 bits per heavy atom. The maximum absolute atomic E-state index is 10.9. The molecule has 0 atom stereocenters. The van der Waals surface area contributed by atoms with Crippen LogP contribution in [0.1, 0.15) is 0 Å². The minimum absolute atomic E-state index is 0.119. The van der Waals surface area contributed by atoms with Gasteiger partial charge in [-0.3, -0.25) is 4.79 Å². The van der Waals surface area contributed by atoms with Crippen LogP contribution < -0.4 is 10.9 Å². The molecule has 0 unspecified atom stereocenters. The van der Waals surface area contributed by atoms with Gasteiger partial charge in [-0.25, -0.2) is 0 Å². The number of anilines is 1. The van der Waals surface area contributed by atoms with E-state index in [4.69, 9.17) is 0 Å². The van der Waals surface area contributed by atoms with E-state index >= 15 is 0 Å². The zero-order valence-corrected chi connectivity index (χ0v) is 7.03. The lowest BCUT2D eigenvalue weighted by Gasteiger charge is -1.97. The van der Waals surface area contributed by atoms with Crippen LogP contribution in [0.15, 0.2) is 21.4 Å². The van der Waals surface area contributed by atoms with Crippen LogP contribution in [-0.2, 0) is 0 Å². The lowest BCUT2D eigenvalue weighted by Crippen LogP contribution is -2.08. The van der Waals surface area contributed by atoms with Gasteiger partial charge in [0.05, 0.1) is 4.47 Å². The zero-order valence-electron chi connectivity index (χ0n) is 5.44. The van der Waals surface area contributed by atoms with E-state index in [1.807, 2.05) is 0 Å². The molecule has 0 aliphatic rings. The van der Waals surface area contributed by atoms with Crippen molar-refractivity contribution in [1.82, 2.24) is 4.98 Å². The third-order valence-corrected chi connectivity index (χ3v) is 1.76. The summed E-state index contributed by atoms with van der Waals surface area (Å²) in [4.78, 5) is 13.5. The summed E-state index contributed by atoms with van der Waals surface area (Å²) in [7, 11) is 1.75. The second kappa shape index (κ2) is 2.88. The first kappa shape index (κ1) is 7.34. The molecule has 1 aromatic rings. The highest BCUT2D eigenvalue weighted by Gasteiger charge is 1.93. The van der Waals surface area contributed by atoms with Crippen molar-refractivity contribution in [2.45, 2.75) is 0 Å². The Kier molecular flexibility index (Phi) is 2.11. The van der Waals surface area contributed by atoms with Crippen LogP contribution >= 0.6 is 15.9 Å². The maximum Gasteiger partial charge on any atom is 0.263 e. The van der Waals surface area contributed by atoms with E-state index < -0.39 is 0 Å². The number of aromatic amines is 1. The fourth-order valence-electron chi connectivity index (χ4n) is 0.602. The summed E-state index contributed by atoms with van der Waals surface area (Å²) >= 11 is 3.09. The van der Waals surface area contributed by atoms with Crippen molar-refractivity contribution in [3.05, 3.63) is 27.0 Å². The standard InChI is InChI=1S/C6H7BrN2O/c1-8-5-3-2-4(7)6(10)9-5/h2-3H,1H3,(H2,8,9,10). The largest absolute Gasteiger partial charge is 0.375 e. The first-order valence-electron chi connectivity index (χ1n) is 2.80. The third kappa shape index (κ3) is 1.39. The average molecular weight is 203 g/mol. The highest BCUT2D eigenvalue weighted by molar-refractivity contribution is 9.10. The molecule has 0 aliphatic carbocycles. The van der Waals surface area contributed by atoms with Gasteiger partial charge in [0.25, 0.3) is 5.56 Å². The molecular formula is C6H7BrN2O. The molecule has 0 saturated heterocycles.